The summed E-state index contributed by atoms with van der Waals surface area (Å²) in [5.74, 6) is 3.05. The minimum absolute atomic E-state index is 0.743. The minimum atomic E-state index is 0.743. The van der Waals surface area contributed by atoms with Gasteiger partial charge in [-0.3, -0.25) is 0 Å². The van der Waals surface area contributed by atoms with E-state index in [0.29, 0.717) is 0 Å². The normalized spacial score (nSPS) is 31.5. The van der Waals surface area contributed by atoms with Gasteiger partial charge >= 0.3 is 0 Å². The van der Waals surface area contributed by atoms with Crippen LogP contribution in [-0.2, 0) is 0 Å². The van der Waals surface area contributed by atoms with E-state index in [-0.39, 0.29) is 0 Å². The van der Waals surface area contributed by atoms with Crippen LogP contribution in [0, 0.1) is 23.7 Å². The minimum Gasteiger partial charge on any atom is -0.103 e. The van der Waals surface area contributed by atoms with E-state index < -0.39 is 0 Å². The van der Waals surface area contributed by atoms with E-state index in [2.05, 4.69) is 44.7 Å². The van der Waals surface area contributed by atoms with Crippen LogP contribution in [0.2, 0.25) is 0 Å². The van der Waals surface area contributed by atoms with Crippen LogP contribution in [0.3, 0.4) is 0 Å². The van der Waals surface area contributed by atoms with E-state index in [4.69, 9.17) is 0 Å². The number of hydrogen-bond acceptors (Lipinski definition) is 0. The first-order chi connectivity index (χ1) is 7.26. The molecule has 0 aromatic carbocycles. The molecule has 2 aliphatic carbocycles. The highest BCUT2D eigenvalue weighted by molar-refractivity contribution is 5.32. The van der Waals surface area contributed by atoms with Crippen LogP contribution in [0.4, 0.5) is 0 Å². The summed E-state index contributed by atoms with van der Waals surface area (Å²) in [4.78, 5) is 0. The van der Waals surface area contributed by atoms with Crippen molar-refractivity contribution in [1.82, 2.24) is 0 Å². The smallest absolute Gasteiger partial charge is 0.00113 e. The van der Waals surface area contributed by atoms with E-state index >= 15 is 0 Å². The van der Waals surface area contributed by atoms with Crippen molar-refractivity contribution in [2.75, 3.05) is 0 Å². The zero-order valence-corrected chi connectivity index (χ0v) is 9.95. The molecule has 2 rings (SSSR count). The molecule has 0 spiro atoms. The summed E-state index contributed by atoms with van der Waals surface area (Å²) in [6, 6.07) is 0. The first kappa shape index (κ1) is 10.7. The third-order valence-corrected chi connectivity index (χ3v) is 4.13. The van der Waals surface area contributed by atoms with E-state index in [1.54, 1.807) is 5.57 Å². The Kier molecular flexibility index (Phi) is 3.14. The zero-order valence-electron chi connectivity index (χ0n) is 9.95. The quantitative estimate of drug-likeness (QED) is 0.581. The summed E-state index contributed by atoms with van der Waals surface area (Å²) >= 11 is 0. The maximum atomic E-state index is 3.91. The van der Waals surface area contributed by atoms with Gasteiger partial charge in [0.25, 0.3) is 0 Å². The van der Waals surface area contributed by atoms with Crippen LogP contribution in [0.25, 0.3) is 0 Å². The lowest BCUT2D eigenvalue weighted by Gasteiger charge is -2.26. The highest BCUT2D eigenvalue weighted by Gasteiger charge is 2.33. The number of allylic oxidation sites excluding steroid dienone is 5. The van der Waals surface area contributed by atoms with Crippen molar-refractivity contribution < 1.29 is 0 Å². The molecule has 0 aliphatic heterocycles. The Morgan fingerprint density at radius 2 is 2.33 bits per heavy atom. The summed E-state index contributed by atoms with van der Waals surface area (Å²) < 4.78 is 0. The topological polar surface area (TPSA) is 0 Å². The van der Waals surface area contributed by atoms with Crippen molar-refractivity contribution in [2.45, 2.75) is 33.1 Å². The van der Waals surface area contributed by atoms with E-state index in [1.807, 2.05) is 0 Å². The van der Waals surface area contributed by atoms with Gasteiger partial charge in [0.15, 0.2) is 0 Å². The average Bonchev–Trinajstić information content (AvgIpc) is 2.86. The molecule has 0 fully saturated rings. The molecule has 0 saturated heterocycles. The Bertz CT molecular complexity index is 295. The van der Waals surface area contributed by atoms with Crippen molar-refractivity contribution >= 4 is 0 Å². The van der Waals surface area contributed by atoms with Gasteiger partial charge in [0, 0.05) is 0 Å². The predicted octanol–water partition coefficient (Wildman–Crippen LogP) is 4.36. The molecular weight excluding hydrogens is 180 g/mol. The van der Waals surface area contributed by atoms with Crippen LogP contribution in [0.5, 0.6) is 0 Å². The third-order valence-electron chi connectivity index (χ3n) is 4.13. The standard InChI is InChI=1S/C15H22/c1-4-6-14(11(3)5-2)15-10-12-7-8-13(15)9-12/h4,7-8,10-14H,1,5-6,9H2,2-3H3. The van der Waals surface area contributed by atoms with Crippen LogP contribution in [-0.4, -0.2) is 0 Å². The molecule has 0 amide bonds. The van der Waals surface area contributed by atoms with Gasteiger partial charge in [-0.1, -0.05) is 50.1 Å². The fourth-order valence-electron chi connectivity index (χ4n) is 3.03. The van der Waals surface area contributed by atoms with Crippen LogP contribution < -0.4 is 0 Å². The Morgan fingerprint density at radius 1 is 1.53 bits per heavy atom. The van der Waals surface area contributed by atoms with Crippen molar-refractivity contribution in [3.8, 4) is 0 Å². The number of rotatable bonds is 5. The molecule has 0 aromatic heterocycles. The highest BCUT2D eigenvalue weighted by atomic mass is 14.4. The molecule has 4 unspecified atom stereocenters. The van der Waals surface area contributed by atoms with Gasteiger partial charge in [-0.05, 0) is 36.5 Å². The largest absolute Gasteiger partial charge is 0.103 e. The molecule has 2 bridgehead atoms. The fraction of sp³-hybridized carbons (Fsp3) is 0.600. The van der Waals surface area contributed by atoms with Crippen LogP contribution >= 0.6 is 0 Å². The number of fused-ring (bicyclic) bond motifs is 2. The Labute approximate surface area is 93.8 Å². The molecular formula is C15H22. The Morgan fingerprint density at radius 3 is 2.80 bits per heavy atom. The Hall–Kier alpha value is -0.780. The van der Waals surface area contributed by atoms with Crippen LogP contribution in [0.1, 0.15) is 33.1 Å². The molecule has 0 aromatic rings. The summed E-state index contributed by atoms with van der Waals surface area (Å²) in [6.07, 6.45) is 13.2. The molecule has 0 nitrogen and oxygen atoms in total. The van der Waals surface area contributed by atoms with Gasteiger partial charge in [-0.15, -0.1) is 6.58 Å². The summed E-state index contributed by atoms with van der Waals surface area (Å²) in [7, 11) is 0. The van der Waals surface area contributed by atoms with Crippen molar-refractivity contribution in [3.63, 3.8) is 0 Å². The molecule has 15 heavy (non-hydrogen) atoms. The molecule has 0 radical (unpaired) electrons. The van der Waals surface area contributed by atoms with E-state index in [1.165, 1.54) is 12.8 Å². The molecule has 2 aliphatic rings. The van der Waals surface area contributed by atoms with E-state index in [9.17, 15) is 0 Å². The van der Waals surface area contributed by atoms with Gasteiger partial charge in [0.05, 0.1) is 0 Å². The second-order valence-electron chi connectivity index (χ2n) is 5.07. The first-order valence-corrected chi connectivity index (χ1v) is 6.27. The van der Waals surface area contributed by atoms with E-state index in [0.717, 1.165) is 30.1 Å². The maximum Gasteiger partial charge on any atom is -0.00113 e. The molecule has 0 heterocycles. The summed E-state index contributed by atoms with van der Waals surface area (Å²) in [5, 5.41) is 0. The molecule has 82 valence electrons. The zero-order chi connectivity index (χ0) is 10.8. The average molecular weight is 202 g/mol. The fourth-order valence-corrected chi connectivity index (χ4v) is 3.03. The highest BCUT2D eigenvalue weighted by Crippen LogP contribution is 2.45. The number of hydrogen-bond donors (Lipinski definition) is 0. The first-order valence-electron chi connectivity index (χ1n) is 6.27. The molecule has 4 atom stereocenters. The van der Waals surface area contributed by atoms with Gasteiger partial charge < -0.3 is 0 Å². The second kappa shape index (κ2) is 4.38. The lowest BCUT2D eigenvalue weighted by atomic mass is 9.78. The van der Waals surface area contributed by atoms with Gasteiger partial charge in [-0.25, -0.2) is 0 Å². The van der Waals surface area contributed by atoms with Gasteiger partial charge in [-0.2, -0.15) is 0 Å². The molecule has 0 saturated carbocycles. The van der Waals surface area contributed by atoms with Gasteiger partial charge in [0.2, 0.25) is 0 Å². The summed E-state index contributed by atoms with van der Waals surface area (Å²) in [6.45, 7) is 8.58. The lowest BCUT2D eigenvalue weighted by Crippen LogP contribution is -2.16. The maximum absolute atomic E-state index is 3.91. The second-order valence-corrected chi connectivity index (χ2v) is 5.07. The van der Waals surface area contributed by atoms with Crippen molar-refractivity contribution in [2.24, 2.45) is 23.7 Å². The lowest BCUT2D eigenvalue weighted by molar-refractivity contribution is 0.383. The van der Waals surface area contributed by atoms with Crippen molar-refractivity contribution in [3.05, 3.63) is 36.5 Å². The monoisotopic (exact) mass is 202 g/mol. The molecule has 0 N–H and O–H groups in total. The third kappa shape index (κ3) is 1.95. The van der Waals surface area contributed by atoms with Gasteiger partial charge in [0.1, 0.15) is 0 Å². The molecule has 0 heteroatoms. The Balaban J connectivity index is 2.12. The predicted molar refractivity (Wildman–Crippen MR) is 66.6 cm³/mol. The summed E-state index contributed by atoms with van der Waals surface area (Å²) in [5.41, 5.74) is 1.71. The van der Waals surface area contributed by atoms with Crippen molar-refractivity contribution in [1.29, 1.82) is 0 Å². The van der Waals surface area contributed by atoms with Crippen LogP contribution in [0.15, 0.2) is 36.5 Å². The SMILES string of the molecule is C=CCC(C1=CC2C=CC1C2)C(C)CC.